The molecule has 18 heavy (non-hydrogen) atoms. The predicted molar refractivity (Wildman–Crippen MR) is 86.0 cm³/mol. The minimum Gasteiger partial charge on any atom is -0.363 e. The Hall–Kier alpha value is -0.0451. The molecule has 2 rings (SSSR count). The molecule has 0 N–H and O–H groups in total. The van der Waals surface area contributed by atoms with Gasteiger partial charge in [-0.15, -0.1) is 0 Å². The molecular formula is C15H28BNS. The SMILES string of the molecule is BC1CCCCC2C(=S)N(C(C)C)CCC2CC1. The summed E-state index contributed by atoms with van der Waals surface area (Å²) in [4.78, 5) is 3.77. The molecule has 2 fully saturated rings. The monoisotopic (exact) mass is 265 g/mol. The summed E-state index contributed by atoms with van der Waals surface area (Å²) in [6.07, 6.45) is 9.78. The second kappa shape index (κ2) is 6.41. The Morgan fingerprint density at radius 3 is 2.56 bits per heavy atom. The standard InChI is InChI=1S/C15H28BNS/c1-11(2)17-10-9-12-7-8-13(16)5-3-4-6-14(12)15(17)18/h11-14H,3-10,16H2,1-2H3. The van der Waals surface area contributed by atoms with Gasteiger partial charge in [0.05, 0.1) is 4.99 Å². The highest BCUT2D eigenvalue weighted by molar-refractivity contribution is 7.80. The molecule has 0 spiro atoms. The summed E-state index contributed by atoms with van der Waals surface area (Å²) < 4.78 is 0. The molecule has 1 nitrogen and oxygen atoms in total. The van der Waals surface area contributed by atoms with E-state index in [9.17, 15) is 0 Å². The first-order valence-electron chi connectivity index (χ1n) is 7.90. The van der Waals surface area contributed by atoms with Gasteiger partial charge in [0.2, 0.25) is 0 Å². The first-order valence-corrected chi connectivity index (χ1v) is 8.31. The van der Waals surface area contributed by atoms with Gasteiger partial charge in [-0.1, -0.05) is 50.1 Å². The zero-order valence-corrected chi connectivity index (χ0v) is 13.1. The van der Waals surface area contributed by atoms with Gasteiger partial charge in [-0.05, 0) is 32.6 Å². The molecule has 3 atom stereocenters. The van der Waals surface area contributed by atoms with Gasteiger partial charge >= 0.3 is 0 Å². The first-order chi connectivity index (χ1) is 8.59. The van der Waals surface area contributed by atoms with E-state index in [1.807, 2.05) is 0 Å². The van der Waals surface area contributed by atoms with E-state index in [4.69, 9.17) is 12.2 Å². The summed E-state index contributed by atoms with van der Waals surface area (Å²) in [5, 5.41) is 0. The highest BCUT2D eigenvalue weighted by Gasteiger charge is 2.34. The van der Waals surface area contributed by atoms with Crippen LogP contribution in [0.25, 0.3) is 0 Å². The van der Waals surface area contributed by atoms with Crippen molar-refractivity contribution in [2.45, 2.75) is 70.7 Å². The van der Waals surface area contributed by atoms with Crippen LogP contribution in [0.4, 0.5) is 0 Å². The van der Waals surface area contributed by atoms with Gasteiger partial charge in [0.25, 0.3) is 0 Å². The molecule has 1 aliphatic heterocycles. The van der Waals surface area contributed by atoms with Gasteiger partial charge < -0.3 is 4.90 Å². The molecule has 0 radical (unpaired) electrons. The Kier molecular flexibility index (Phi) is 5.11. The Bertz CT molecular complexity index is 292. The van der Waals surface area contributed by atoms with E-state index in [0.717, 1.165) is 11.7 Å². The number of nitrogens with zero attached hydrogens (tertiary/aromatic N) is 1. The molecule has 0 aromatic heterocycles. The number of likely N-dealkylation sites (tertiary alicyclic amines) is 1. The zero-order chi connectivity index (χ0) is 13.1. The van der Waals surface area contributed by atoms with Gasteiger partial charge in [-0.25, -0.2) is 0 Å². The lowest BCUT2D eigenvalue weighted by molar-refractivity contribution is 0.215. The van der Waals surface area contributed by atoms with Gasteiger partial charge in [0.1, 0.15) is 7.85 Å². The van der Waals surface area contributed by atoms with Crippen molar-refractivity contribution in [2.75, 3.05) is 6.54 Å². The summed E-state index contributed by atoms with van der Waals surface area (Å²) in [6.45, 7) is 5.76. The van der Waals surface area contributed by atoms with Crippen molar-refractivity contribution >= 4 is 25.1 Å². The minimum absolute atomic E-state index is 0.588. The quantitative estimate of drug-likeness (QED) is 0.528. The van der Waals surface area contributed by atoms with Crippen molar-refractivity contribution < 1.29 is 0 Å². The van der Waals surface area contributed by atoms with Crippen molar-refractivity contribution in [3.8, 4) is 0 Å². The fraction of sp³-hybridized carbons (Fsp3) is 0.933. The second-order valence-electron chi connectivity index (χ2n) is 6.75. The van der Waals surface area contributed by atoms with E-state index in [1.165, 1.54) is 56.5 Å². The van der Waals surface area contributed by atoms with E-state index < -0.39 is 0 Å². The van der Waals surface area contributed by atoms with Crippen LogP contribution in [-0.4, -0.2) is 30.3 Å². The largest absolute Gasteiger partial charge is 0.363 e. The number of hydrogen-bond acceptors (Lipinski definition) is 1. The van der Waals surface area contributed by atoms with E-state index in [-0.39, 0.29) is 0 Å². The molecule has 2 aliphatic rings. The van der Waals surface area contributed by atoms with Crippen LogP contribution >= 0.6 is 12.2 Å². The highest BCUT2D eigenvalue weighted by atomic mass is 32.1. The maximum Gasteiger partial charge on any atom is 0.105 e. The summed E-state index contributed by atoms with van der Waals surface area (Å²) in [7, 11) is 2.43. The lowest BCUT2D eigenvalue weighted by atomic mass is 9.75. The Morgan fingerprint density at radius 2 is 1.83 bits per heavy atom. The first kappa shape index (κ1) is 14.4. The number of thiocarbonyl (C=S) groups is 1. The molecule has 1 heterocycles. The predicted octanol–water partition coefficient (Wildman–Crippen LogP) is 3.44. The molecular weight excluding hydrogens is 237 g/mol. The molecule has 0 aromatic carbocycles. The van der Waals surface area contributed by atoms with Crippen molar-refractivity contribution in [1.29, 1.82) is 0 Å². The van der Waals surface area contributed by atoms with Crippen LogP contribution in [0.15, 0.2) is 0 Å². The summed E-state index contributed by atoms with van der Waals surface area (Å²) in [5.41, 5.74) is 0. The molecule has 0 bridgehead atoms. The van der Waals surface area contributed by atoms with Gasteiger partial charge in [0, 0.05) is 18.5 Å². The Morgan fingerprint density at radius 1 is 1.11 bits per heavy atom. The van der Waals surface area contributed by atoms with E-state index >= 15 is 0 Å². The average molecular weight is 265 g/mol. The molecule has 3 unspecified atom stereocenters. The van der Waals surface area contributed by atoms with Crippen LogP contribution in [0.3, 0.4) is 0 Å². The lowest BCUT2D eigenvalue weighted by Gasteiger charge is -2.42. The summed E-state index contributed by atoms with van der Waals surface area (Å²) in [5.74, 6) is 2.52. The van der Waals surface area contributed by atoms with E-state index in [2.05, 4.69) is 26.6 Å². The highest BCUT2D eigenvalue weighted by Crippen LogP contribution is 2.37. The second-order valence-corrected chi connectivity index (χ2v) is 7.17. The van der Waals surface area contributed by atoms with Crippen LogP contribution in [0, 0.1) is 11.8 Å². The van der Waals surface area contributed by atoms with E-state index in [1.54, 1.807) is 0 Å². The summed E-state index contributed by atoms with van der Waals surface area (Å²) >= 11 is 5.81. The third-order valence-corrected chi connectivity index (χ3v) is 5.56. The summed E-state index contributed by atoms with van der Waals surface area (Å²) in [6, 6.07) is 0.588. The molecule has 0 amide bonds. The topological polar surface area (TPSA) is 3.24 Å². The van der Waals surface area contributed by atoms with Gasteiger partial charge in [0.15, 0.2) is 0 Å². The maximum absolute atomic E-state index is 5.81. The van der Waals surface area contributed by atoms with E-state index in [0.29, 0.717) is 12.0 Å². The van der Waals surface area contributed by atoms with Crippen LogP contribution in [0.1, 0.15) is 58.8 Å². The van der Waals surface area contributed by atoms with Crippen LogP contribution in [0.2, 0.25) is 5.82 Å². The maximum atomic E-state index is 5.81. The zero-order valence-electron chi connectivity index (χ0n) is 12.3. The smallest absolute Gasteiger partial charge is 0.105 e. The average Bonchev–Trinajstić information content (AvgIpc) is 2.41. The minimum atomic E-state index is 0.588. The van der Waals surface area contributed by atoms with Crippen molar-refractivity contribution in [3.63, 3.8) is 0 Å². The van der Waals surface area contributed by atoms with Crippen molar-refractivity contribution in [3.05, 3.63) is 0 Å². The van der Waals surface area contributed by atoms with Crippen LogP contribution in [-0.2, 0) is 0 Å². The number of rotatable bonds is 1. The molecule has 0 aromatic rings. The Labute approximate surface area is 119 Å². The Balaban J connectivity index is 2.05. The third-order valence-electron chi connectivity index (χ3n) is 5.03. The molecule has 1 saturated heterocycles. The normalized spacial score (nSPS) is 34.7. The van der Waals surface area contributed by atoms with Crippen molar-refractivity contribution in [2.24, 2.45) is 11.8 Å². The van der Waals surface area contributed by atoms with Gasteiger partial charge in [-0.2, -0.15) is 0 Å². The third kappa shape index (κ3) is 3.29. The molecule has 1 aliphatic carbocycles. The lowest BCUT2D eigenvalue weighted by Crippen LogP contribution is -2.47. The number of piperidine rings is 1. The molecule has 3 heteroatoms. The fourth-order valence-corrected chi connectivity index (χ4v) is 4.36. The van der Waals surface area contributed by atoms with Crippen LogP contribution < -0.4 is 0 Å². The molecule has 1 saturated carbocycles. The molecule has 102 valence electrons. The fourth-order valence-electron chi connectivity index (χ4n) is 3.75. The van der Waals surface area contributed by atoms with Crippen molar-refractivity contribution in [1.82, 2.24) is 4.90 Å². The number of hydrogen-bond donors (Lipinski definition) is 0. The van der Waals surface area contributed by atoms with Gasteiger partial charge in [-0.3, -0.25) is 0 Å². The van der Waals surface area contributed by atoms with Crippen LogP contribution in [0.5, 0.6) is 0 Å². The number of fused-ring (bicyclic) bond motifs is 1.